The molecular weight excluding hydrogens is 486 g/mol. The van der Waals surface area contributed by atoms with Crippen LogP contribution < -0.4 is 27.3 Å². The lowest BCUT2D eigenvalue weighted by Crippen LogP contribution is -2.55. The van der Waals surface area contributed by atoms with E-state index in [2.05, 4.69) is 97.1 Å². The Hall–Kier alpha value is -4.36. The molecule has 0 aromatic heterocycles. The standard InChI is InChI=1S/C36H19B5/c37-32-31(33(38)35(40)36(41)34(32)39)30-26-16-8-6-14-24(26)29(25-15-7-9-17-27(25)30)28-19-18-21(20-10-2-1-3-11-20)22-12-4-5-13-23(22)28/h1-19H. The highest BCUT2D eigenvalue weighted by atomic mass is 14.2. The Morgan fingerprint density at radius 1 is 0.268 bits per heavy atom. The predicted molar refractivity (Wildman–Crippen MR) is 182 cm³/mol. The predicted octanol–water partition coefficient (Wildman–Crippen LogP) is 4.12. The highest BCUT2D eigenvalue weighted by Gasteiger charge is 2.21. The lowest BCUT2D eigenvalue weighted by Gasteiger charge is -2.25. The van der Waals surface area contributed by atoms with E-state index in [4.69, 9.17) is 39.2 Å². The summed E-state index contributed by atoms with van der Waals surface area (Å²) in [5, 5.41) is 6.52. The summed E-state index contributed by atoms with van der Waals surface area (Å²) in [5.74, 6) is 0. The van der Waals surface area contributed by atoms with Gasteiger partial charge in [-0.05, 0) is 65.7 Å². The molecule has 0 fully saturated rings. The van der Waals surface area contributed by atoms with Gasteiger partial charge in [-0.25, -0.2) is 0 Å². The zero-order valence-electron chi connectivity index (χ0n) is 22.4. The van der Waals surface area contributed by atoms with E-state index in [0.717, 1.165) is 38.2 Å². The molecule has 0 spiro atoms. The van der Waals surface area contributed by atoms with Crippen molar-refractivity contribution < 1.29 is 0 Å². The van der Waals surface area contributed by atoms with Gasteiger partial charge in [-0.2, -0.15) is 0 Å². The Bertz CT molecular complexity index is 2060. The zero-order chi connectivity index (χ0) is 28.2. The van der Waals surface area contributed by atoms with Crippen molar-refractivity contribution >= 4 is 98.9 Å². The second-order valence-corrected chi connectivity index (χ2v) is 10.4. The van der Waals surface area contributed by atoms with Crippen LogP contribution in [0.4, 0.5) is 0 Å². The van der Waals surface area contributed by atoms with Crippen molar-refractivity contribution in [1.29, 1.82) is 0 Å². The number of fused-ring (bicyclic) bond motifs is 3. The molecule has 0 bridgehead atoms. The van der Waals surface area contributed by atoms with Crippen molar-refractivity contribution in [2.75, 3.05) is 0 Å². The Balaban J connectivity index is 1.64. The van der Waals surface area contributed by atoms with Crippen molar-refractivity contribution in [3.05, 3.63) is 115 Å². The molecule has 7 aromatic rings. The van der Waals surface area contributed by atoms with Crippen LogP contribution in [-0.2, 0) is 0 Å². The minimum atomic E-state index is 0.207. The van der Waals surface area contributed by atoms with Crippen LogP contribution in [0.25, 0.3) is 65.7 Å². The van der Waals surface area contributed by atoms with Gasteiger partial charge in [0, 0.05) is 0 Å². The SMILES string of the molecule is [B]c1c([B])c([B])c(-c2c3ccccc3c(-c3ccc(-c4ccccc4)c4ccccc34)c3ccccc23)c([B])c1[B]. The highest BCUT2D eigenvalue weighted by molar-refractivity contribution is 6.69. The average molecular weight is 506 g/mol. The third-order valence-electron chi connectivity index (χ3n) is 8.16. The molecule has 7 aromatic carbocycles. The Morgan fingerprint density at radius 3 is 1.15 bits per heavy atom. The van der Waals surface area contributed by atoms with E-state index in [1.807, 2.05) is 18.2 Å². The Morgan fingerprint density at radius 2 is 0.634 bits per heavy atom. The normalized spacial score (nSPS) is 11.4. The van der Waals surface area contributed by atoms with Crippen molar-refractivity contribution in [2.24, 2.45) is 0 Å². The summed E-state index contributed by atoms with van der Waals surface area (Å²) in [6.45, 7) is 0. The van der Waals surface area contributed by atoms with Crippen LogP contribution in [-0.4, -0.2) is 39.2 Å². The fourth-order valence-electron chi connectivity index (χ4n) is 6.19. The molecule has 0 N–H and O–H groups in total. The molecule has 0 saturated heterocycles. The first-order valence-corrected chi connectivity index (χ1v) is 13.5. The van der Waals surface area contributed by atoms with Gasteiger partial charge in [0.15, 0.2) is 0 Å². The molecule has 0 aliphatic heterocycles. The summed E-state index contributed by atoms with van der Waals surface area (Å²) in [5.41, 5.74) is 7.52. The lowest BCUT2D eigenvalue weighted by molar-refractivity contribution is 1.64. The van der Waals surface area contributed by atoms with Crippen LogP contribution in [0.5, 0.6) is 0 Å². The number of benzene rings is 7. The number of rotatable bonds is 3. The molecule has 5 heteroatoms. The molecule has 0 nitrogen and oxygen atoms in total. The maximum absolute atomic E-state index is 6.62. The van der Waals surface area contributed by atoms with Crippen molar-refractivity contribution in [3.8, 4) is 33.4 Å². The van der Waals surface area contributed by atoms with E-state index in [1.54, 1.807) is 0 Å². The second kappa shape index (κ2) is 9.93. The first-order valence-electron chi connectivity index (χ1n) is 13.5. The molecule has 10 radical (unpaired) electrons. The molecule has 0 heterocycles. The molecular formula is C36H19B5. The van der Waals surface area contributed by atoms with Gasteiger partial charge < -0.3 is 0 Å². The second-order valence-electron chi connectivity index (χ2n) is 10.4. The minimum Gasteiger partial charge on any atom is -0.112 e. The lowest BCUT2D eigenvalue weighted by atomic mass is 9.59. The van der Waals surface area contributed by atoms with E-state index in [9.17, 15) is 0 Å². The summed E-state index contributed by atoms with van der Waals surface area (Å²) >= 11 is 0. The van der Waals surface area contributed by atoms with Crippen LogP contribution in [0.1, 0.15) is 0 Å². The summed E-state index contributed by atoms with van der Waals surface area (Å²) < 4.78 is 0. The molecule has 41 heavy (non-hydrogen) atoms. The van der Waals surface area contributed by atoms with Gasteiger partial charge in [0.25, 0.3) is 0 Å². The van der Waals surface area contributed by atoms with Crippen LogP contribution in [0.2, 0.25) is 0 Å². The maximum Gasteiger partial charge on any atom is 0.113 e. The fourth-order valence-corrected chi connectivity index (χ4v) is 6.19. The van der Waals surface area contributed by atoms with Gasteiger partial charge in [0.05, 0.1) is 0 Å². The van der Waals surface area contributed by atoms with Gasteiger partial charge in [-0.3, -0.25) is 0 Å². The van der Waals surface area contributed by atoms with Gasteiger partial charge in [0.1, 0.15) is 39.2 Å². The first-order chi connectivity index (χ1) is 20.0. The monoisotopic (exact) mass is 506 g/mol. The highest BCUT2D eigenvalue weighted by Crippen LogP contribution is 2.45. The average Bonchev–Trinajstić information content (AvgIpc) is 3.02. The Kier molecular flexibility index (Phi) is 6.20. The van der Waals surface area contributed by atoms with Crippen LogP contribution >= 0.6 is 0 Å². The largest absolute Gasteiger partial charge is 0.113 e. The molecule has 178 valence electrons. The van der Waals surface area contributed by atoms with Crippen LogP contribution in [0.3, 0.4) is 0 Å². The summed E-state index contributed by atoms with van der Waals surface area (Å²) in [4.78, 5) is 0. The van der Waals surface area contributed by atoms with E-state index in [0.29, 0.717) is 16.5 Å². The van der Waals surface area contributed by atoms with Crippen LogP contribution in [0, 0.1) is 0 Å². The van der Waals surface area contributed by atoms with Gasteiger partial charge >= 0.3 is 0 Å². The van der Waals surface area contributed by atoms with Gasteiger partial charge in [-0.15, -0.1) is 16.4 Å². The maximum atomic E-state index is 6.62. The smallest absolute Gasteiger partial charge is 0.112 e. The van der Waals surface area contributed by atoms with Gasteiger partial charge in [-0.1, -0.05) is 126 Å². The van der Waals surface area contributed by atoms with Crippen molar-refractivity contribution in [1.82, 2.24) is 0 Å². The summed E-state index contributed by atoms with van der Waals surface area (Å²) in [6, 6.07) is 40.2. The number of hydrogen-bond donors (Lipinski definition) is 0. The Labute approximate surface area is 246 Å². The molecule has 0 saturated carbocycles. The molecule has 0 atom stereocenters. The van der Waals surface area contributed by atoms with E-state index >= 15 is 0 Å². The van der Waals surface area contributed by atoms with Gasteiger partial charge in [0.2, 0.25) is 0 Å². The number of hydrogen-bond acceptors (Lipinski definition) is 0. The van der Waals surface area contributed by atoms with Crippen molar-refractivity contribution in [2.45, 2.75) is 0 Å². The third kappa shape index (κ3) is 3.91. The van der Waals surface area contributed by atoms with E-state index in [1.165, 1.54) is 21.9 Å². The zero-order valence-corrected chi connectivity index (χ0v) is 22.4. The summed E-state index contributed by atoms with van der Waals surface area (Å²) in [6.07, 6.45) is 0. The van der Waals surface area contributed by atoms with Crippen molar-refractivity contribution in [3.63, 3.8) is 0 Å². The quantitative estimate of drug-likeness (QED) is 0.251. The first kappa shape index (κ1) is 25.6. The fraction of sp³-hybridized carbons (Fsp3) is 0. The molecule has 0 amide bonds. The van der Waals surface area contributed by atoms with Crippen LogP contribution in [0.15, 0.2) is 115 Å². The molecule has 0 aliphatic carbocycles. The minimum absolute atomic E-state index is 0.207. The van der Waals surface area contributed by atoms with E-state index in [-0.39, 0.29) is 16.4 Å². The molecule has 7 rings (SSSR count). The van der Waals surface area contributed by atoms with E-state index < -0.39 is 0 Å². The molecule has 0 aliphatic rings. The summed E-state index contributed by atoms with van der Waals surface area (Å²) in [7, 11) is 32.1. The molecule has 0 unspecified atom stereocenters. The third-order valence-corrected chi connectivity index (χ3v) is 8.16. The topological polar surface area (TPSA) is 0 Å².